The summed E-state index contributed by atoms with van der Waals surface area (Å²) < 4.78 is 5.77. The Balaban J connectivity index is 1.54. The third-order valence-electron chi connectivity index (χ3n) is 4.07. The molecule has 3 aromatic carbocycles. The van der Waals surface area contributed by atoms with Gasteiger partial charge in [-0.25, -0.2) is 0 Å². The Labute approximate surface area is 179 Å². The van der Waals surface area contributed by atoms with Crippen LogP contribution < -0.4 is 15.8 Å². The molecule has 5 nitrogen and oxygen atoms in total. The molecule has 0 bridgehead atoms. The first-order chi connectivity index (χ1) is 14.6. The van der Waals surface area contributed by atoms with E-state index >= 15 is 0 Å². The van der Waals surface area contributed by atoms with Crippen molar-refractivity contribution >= 4 is 35.3 Å². The first-order valence-electron chi connectivity index (χ1n) is 9.36. The first-order valence-corrected chi connectivity index (χ1v) is 10.3. The van der Waals surface area contributed by atoms with Gasteiger partial charge in [0.15, 0.2) is 0 Å². The Morgan fingerprint density at radius 1 is 0.933 bits per heavy atom. The molecular weight excluding hydrogens is 396 g/mol. The van der Waals surface area contributed by atoms with E-state index in [1.165, 1.54) is 17.8 Å². The van der Waals surface area contributed by atoms with Crippen molar-refractivity contribution in [2.24, 2.45) is 5.73 Å². The SMILES string of the molecule is NC(=O)CSc1ccccc1NC(=O)C=Cc1ccc(OCc2ccccc2)cc1. The van der Waals surface area contributed by atoms with Gasteiger partial charge < -0.3 is 15.8 Å². The molecule has 0 aliphatic carbocycles. The summed E-state index contributed by atoms with van der Waals surface area (Å²) in [5, 5.41) is 2.83. The zero-order valence-electron chi connectivity index (χ0n) is 16.3. The molecule has 0 radical (unpaired) electrons. The Hall–Kier alpha value is -3.51. The first kappa shape index (κ1) is 21.2. The number of hydrogen-bond acceptors (Lipinski definition) is 4. The summed E-state index contributed by atoms with van der Waals surface area (Å²) in [6, 6.07) is 24.8. The van der Waals surface area contributed by atoms with Crippen molar-refractivity contribution < 1.29 is 14.3 Å². The molecule has 152 valence electrons. The van der Waals surface area contributed by atoms with Crippen LogP contribution >= 0.6 is 11.8 Å². The highest BCUT2D eigenvalue weighted by Crippen LogP contribution is 2.26. The molecule has 0 aliphatic heterocycles. The number of primary amides is 1. The van der Waals surface area contributed by atoms with Crippen LogP contribution in [-0.2, 0) is 16.2 Å². The monoisotopic (exact) mass is 418 g/mol. The molecule has 0 spiro atoms. The lowest BCUT2D eigenvalue weighted by atomic mass is 10.2. The van der Waals surface area contributed by atoms with Crippen molar-refractivity contribution in [3.63, 3.8) is 0 Å². The highest BCUT2D eigenvalue weighted by atomic mass is 32.2. The van der Waals surface area contributed by atoms with Crippen LogP contribution in [0.15, 0.2) is 89.8 Å². The maximum absolute atomic E-state index is 12.3. The lowest BCUT2D eigenvalue weighted by molar-refractivity contribution is -0.115. The van der Waals surface area contributed by atoms with Gasteiger partial charge in [-0.15, -0.1) is 11.8 Å². The fourth-order valence-corrected chi connectivity index (χ4v) is 3.35. The van der Waals surface area contributed by atoms with Gasteiger partial charge in [-0.2, -0.15) is 0 Å². The van der Waals surface area contributed by atoms with Crippen molar-refractivity contribution in [2.45, 2.75) is 11.5 Å². The lowest BCUT2D eigenvalue weighted by Crippen LogP contribution is -2.13. The molecule has 0 saturated carbocycles. The summed E-state index contributed by atoms with van der Waals surface area (Å²) in [6.45, 7) is 0.506. The largest absolute Gasteiger partial charge is 0.489 e. The van der Waals surface area contributed by atoms with E-state index in [1.54, 1.807) is 12.1 Å². The standard InChI is InChI=1S/C24H22N2O3S/c25-23(27)17-30-22-9-5-4-8-21(22)26-24(28)15-12-18-10-13-20(14-11-18)29-16-19-6-2-1-3-7-19/h1-15H,16-17H2,(H2,25,27)(H,26,28). The third-order valence-corrected chi connectivity index (χ3v) is 5.17. The zero-order chi connectivity index (χ0) is 21.2. The van der Waals surface area contributed by atoms with Crippen LogP contribution in [0, 0.1) is 0 Å². The molecule has 0 atom stereocenters. The number of para-hydroxylation sites is 1. The highest BCUT2D eigenvalue weighted by molar-refractivity contribution is 8.00. The number of thioether (sulfide) groups is 1. The van der Waals surface area contributed by atoms with E-state index in [0.29, 0.717) is 12.3 Å². The number of benzene rings is 3. The van der Waals surface area contributed by atoms with Crippen LogP contribution in [0.5, 0.6) is 5.75 Å². The smallest absolute Gasteiger partial charge is 0.248 e. The second kappa shape index (κ2) is 10.9. The Morgan fingerprint density at radius 2 is 1.63 bits per heavy atom. The summed E-state index contributed by atoms with van der Waals surface area (Å²) in [4.78, 5) is 24.1. The van der Waals surface area contributed by atoms with Gasteiger partial charge in [0.2, 0.25) is 11.8 Å². The van der Waals surface area contributed by atoms with Gasteiger partial charge in [0.05, 0.1) is 11.4 Å². The van der Waals surface area contributed by atoms with Crippen LogP contribution in [0.2, 0.25) is 0 Å². The third kappa shape index (κ3) is 6.83. The normalized spacial score (nSPS) is 10.7. The van der Waals surface area contributed by atoms with Crippen molar-refractivity contribution in [2.75, 3.05) is 11.1 Å². The summed E-state index contributed by atoms with van der Waals surface area (Å²) in [6.07, 6.45) is 3.20. The fourth-order valence-electron chi connectivity index (χ4n) is 2.61. The van der Waals surface area contributed by atoms with E-state index in [4.69, 9.17) is 10.5 Å². The van der Waals surface area contributed by atoms with Crippen molar-refractivity contribution in [3.8, 4) is 5.75 Å². The van der Waals surface area contributed by atoms with Crippen LogP contribution in [0.1, 0.15) is 11.1 Å². The number of nitrogens with two attached hydrogens (primary N) is 1. The molecule has 6 heteroatoms. The maximum Gasteiger partial charge on any atom is 0.248 e. The Bertz CT molecular complexity index is 1020. The summed E-state index contributed by atoms with van der Waals surface area (Å²) in [5.74, 6) is 0.256. The quantitative estimate of drug-likeness (QED) is 0.396. The van der Waals surface area contributed by atoms with Crippen LogP contribution in [0.4, 0.5) is 5.69 Å². The highest BCUT2D eigenvalue weighted by Gasteiger charge is 2.06. The molecule has 0 fully saturated rings. The average Bonchev–Trinajstić information content (AvgIpc) is 2.77. The number of amides is 2. The van der Waals surface area contributed by atoms with E-state index < -0.39 is 5.91 Å². The number of rotatable bonds is 9. The van der Waals surface area contributed by atoms with Crippen molar-refractivity contribution in [1.29, 1.82) is 0 Å². The predicted molar refractivity (Wildman–Crippen MR) is 121 cm³/mol. The van der Waals surface area contributed by atoms with Crippen molar-refractivity contribution in [1.82, 2.24) is 0 Å². The zero-order valence-corrected chi connectivity index (χ0v) is 17.1. The number of carbonyl (C=O) groups excluding carboxylic acids is 2. The summed E-state index contributed by atoms with van der Waals surface area (Å²) in [5.41, 5.74) is 7.82. The van der Waals surface area contributed by atoms with E-state index in [-0.39, 0.29) is 11.7 Å². The van der Waals surface area contributed by atoms with E-state index in [2.05, 4.69) is 5.32 Å². The maximum atomic E-state index is 12.3. The molecule has 0 unspecified atom stereocenters. The van der Waals surface area contributed by atoms with E-state index in [1.807, 2.05) is 72.8 Å². The average molecular weight is 419 g/mol. The number of ether oxygens (including phenoxy) is 1. The molecule has 0 saturated heterocycles. The van der Waals surface area contributed by atoms with Gasteiger partial charge in [-0.3, -0.25) is 9.59 Å². The molecular formula is C24H22N2O3S. The minimum atomic E-state index is -0.405. The molecule has 3 N–H and O–H groups in total. The van der Waals surface area contributed by atoms with Gasteiger partial charge in [0.25, 0.3) is 0 Å². The second-order valence-corrected chi connectivity index (χ2v) is 7.43. The minimum Gasteiger partial charge on any atom is -0.489 e. The molecule has 3 aromatic rings. The van der Waals surface area contributed by atoms with Crippen LogP contribution in [0.25, 0.3) is 6.08 Å². The fraction of sp³-hybridized carbons (Fsp3) is 0.0833. The molecule has 0 aliphatic rings. The van der Waals surface area contributed by atoms with Crippen LogP contribution in [-0.4, -0.2) is 17.6 Å². The van der Waals surface area contributed by atoms with Gasteiger partial charge in [0.1, 0.15) is 12.4 Å². The van der Waals surface area contributed by atoms with Crippen molar-refractivity contribution in [3.05, 3.63) is 96.1 Å². The predicted octanol–water partition coefficient (Wildman–Crippen LogP) is 4.49. The van der Waals surface area contributed by atoms with E-state index in [0.717, 1.165) is 21.8 Å². The Kier molecular flexibility index (Phi) is 7.69. The topological polar surface area (TPSA) is 81.4 Å². The number of anilines is 1. The molecule has 3 rings (SSSR count). The minimum absolute atomic E-state index is 0.154. The Morgan fingerprint density at radius 3 is 2.37 bits per heavy atom. The number of hydrogen-bond donors (Lipinski definition) is 2. The molecule has 0 heterocycles. The van der Waals surface area contributed by atoms with Gasteiger partial charge in [-0.1, -0.05) is 54.6 Å². The van der Waals surface area contributed by atoms with E-state index in [9.17, 15) is 9.59 Å². The lowest BCUT2D eigenvalue weighted by Gasteiger charge is -2.08. The molecule has 2 amide bonds. The van der Waals surface area contributed by atoms with Gasteiger partial charge in [0, 0.05) is 11.0 Å². The summed E-state index contributed by atoms with van der Waals surface area (Å²) in [7, 11) is 0. The van der Waals surface area contributed by atoms with Gasteiger partial charge >= 0.3 is 0 Å². The second-order valence-electron chi connectivity index (χ2n) is 6.42. The molecule has 30 heavy (non-hydrogen) atoms. The number of nitrogens with one attached hydrogen (secondary N) is 1. The van der Waals surface area contributed by atoms with Gasteiger partial charge in [-0.05, 0) is 41.5 Å². The number of carbonyl (C=O) groups is 2. The van der Waals surface area contributed by atoms with Crippen LogP contribution in [0.3, 0.4) is 0 Å². The molecule has 0 aromatic heterocycles. The summed E-state index contributed by atoms with van der Waals surface area (Å²) >= 11 is 1.29.